The van der Waals surface area contributed by atoms with Crippen LogP contribution < -0.4 is 0 Å². The van der Waals surface area contributed by atoms with Gasteiger partial charge < -0.3 is 0 Å². The molecule has 0 N–H and O–H groups in total. The van der Waals surface area contributed by atoms with E-state index in [-0.39, 0.29) is 0 Å². The Labute approximate surface area is 92.8 Å². The Hall–Kier alpha value is 0. The molecule has 0 aromatic carbocycles. The Balaban J connectivity index is 1.54. The molecule has 0 spiro atoms. The fourth-order valence-corrected chi connectivity index (χ4v) is 7.23. The van der Waals surface area contributed by atoms with Crippen LogP contribution in [0.25, 0.3) is 0 Å². The lowest BCUT2D eigenvalue weighted by molar-refractivity contribution is -0.0750. The van der Waals surface area contributed by atoms with Crippen molar-refractivity contribution in [1.29, 1.82) is 0 Å². The highest BCUT2D eigenvalue weighted by Gasteiger charge is 2.68. The molecule has 0 saturated heterocycles. The van der Waals surface area contributed by atoms with Crippen LogP contribution in [0.5, 0.6) is 0 Å². The smallest absolute Gasteiger partial charge is 0.0318 e. The molecule has 0 aliphatic heterocycles. The summed E-state index contributed by atoms with van der Waals surface area (Å²) in [6.45, 7) is 0. The number of fused-ring (bicyclic) bond motifs is 11. The first-order chi connectivity index (χ1) is 7.45. The minimum atomic E-state index is 1.22. The lowest BCUT2D eigenvalue weighted by atomic mass is 9.50. The van der Waals surface area contributed by atoms with E-state index in [1.165, 1.54) is 47.3 Å². The summed E-state index contributed by atoms with van der Waals surface area (Å²) in [5.41, 5.74) is 0. The number of rotatable bonds is 0. The maximum Gasteiger partial charge on any atom is -0.0318 e. The Kier molecular flexibility index (Phi) is 1.34. The van der Waals surface area contributed by atoms with Crippen LogP contribution in [0.3, 0.4) is 0 Å². The fourth-order valence-electron chi connectivity index (χ4n) is 7.23. The molecular weight excluding hydrogens is 180 g/mol. The molecule has 8 atom stereocenters. The average molecular weight is 202 g/mol. The first kappa shape index (κ1) is 8.14. The molecule has 0 amide bonds. The van der Waals surface area contributed by atoms with Crippen LogP contribution in [-0.4, -0.2) is 0 Å². The summed E-state index contributed by atoms with van der Waals surface area (Å²) in [5, 5.41) is 0. The van der Waals surface area contributed by atoms with Crippen molar-refractivity contribution < 1.29 is 0 Å². The predicted molar refractivity (Wildman–Crippen MR) is 60.2 cm³/mol. The topological polar surface area (TPSA) is 0 Å². The van der Waals surface area contributed by atoms with Gasteiger partial charge >= 0.3 is 0 Å². The molecule has 8 unspecified atom stereocenters. The Morgan fingerprint density at radius 3 is 1.47 bits per heavy atom. The van der Waals surface area contributed by atoms with E-state index in [2.05, 4.69) is 0 Å². The monoisotopic (exact) mass is 202 g/mol. The fraction of sp³-hybridized carbons (Fsp3) is 1.00. The molecule has 5 saturated carbocycles. The SMILES string of the molecule is C1CC2C(C1)C1CC2C2C3CCCC3C12. The van der Waals surface area contributed by atoms with E-state index in [9.17, 15) is 0 Å². The van der Waals surface area contributed by atoms with E-state index >= 15 is 0 Å². The van der Waals surface area contributed by atoms with Gasteiger partial charge in [0.25, 0.3) is 0 Å². The van der Waals surface area contributed by atoms with E-state index in [0.29, 0.717) is 0 Å². The third kappa shape index (κ3) is 0.746. The molecule has 5 aliphatic rings. The van der Waals surface area contributed by atoms with Crippen molar-refractivity contribution in [3.05, 3.63) is 0 Å². The van der Waals surface area contributed by atoms with E-state index in [1.807, 2.05) is 0 Å². The summed E-state index contributed by atoms with van der Waals surface area (Å²) in [6, 6.07) is 0. The Bertz CT molecular complexity index is 275. The largest absolute Gasteiger partial charge is 0.0527 e. The van der Waals surface area contributed by atoms with Crippen molar-refractivity contribution in [2.45, 2.75) is 44.9 Å². The average Bonchev–Trinajstić information content (AvgIpc) is 2.91. The van der Waals surface area contributed by atoms with Gasteiger partial charge in [0, 0.05) is 0 Å². The zero-order chi connectivity index (χ0) is 9.57. The highest BCUT2D eigenvalue weighted by atomic mass is 14.7. The minimum absolute atomic E-state index is 1.22. The molecule has 5 aliphatic carbocycles. The van der Waals surface area contributed by atoms with Gasteiger partial charge in [0.15, 0.2) is 0 Å². The maximum atomic E-state index is 1.68. The van der Waals surface area contributed by atoms with Gasteiger partial charge in [-0.3, -0.25) is 0 Å². The summed E-state index contributed by atoms with van der Waals surface area (Å²) < 4.78 is 0. The summed E-state index contributed by atoms with van der Waals surface area (Å²) in [6.07, 6.45) is 11.3. The molecule has 5 fully saturated rings. The second-order valence-corrected chi connectivity index (χ2v) is 7.24. The van der Waals surface area contributed by atoms with Crippen molar-refractivity contribution >= 4 is 0 Å². The third-order valence-corrected chi connectivity index (χ3v) is 7.32. The van der Waals surface area contributed by atoms with E-state index in [4.69, 9.17) is 0 Å². The normalized spacial score (nSPS) is 68.8. The zero-order valence-corrected chi connectivity index (χ0v) is 9.57. The minimum Gasteiger partial charge on any atom is -0.0527 e. The third-order valence-electron chi connectivity index (χ3n) is 7.32. The van der Waals surface area contributed by atoms with Gasteiger partial charge in [0.05, 0.1) is 0 Å². The maximum absolute atomic E-state index is 1.68. The molecule has 0 heteroatoms. The predicted octanol–water partition coefficient (Wildman–Crippen LogP) is 3.71. The highest BCUT2D eigenvalue weighted by molar-refractivity contribution is 5.16. The second-order valence-electron chi connectivity index (χ2n) is 7.24. The van der Waals surface area contributed by atoms with Gasteiger partial charge in [-0.25, -0.2) is 0 Å². The summed E-state index contributed by atoms with van der Waals surface area (Å²) in [7, 11) is 0. The van der Waals surface area contributed by atoms with Crippen LogP contribution in [-0.2, 0) is 0 Å². The van der Waals surface area contributed by atoms with Gasteiger partial charge in [0.2, 0.25) is 0 Å². The van der Waals surface area contributed by atoms with Gasteiger partial charge in [-0.05, 0) is 79.4 Å². The van der Waals surface area contributed by atoms with Gasteiger partial charge in [0.1, 0.15) is 0 Å². The van der Waals surface area contributed by atoms with Crippen LogP contribution >= 0.6 is 0 Å². The zero-order valence-electron chi connectivity index (χ0n) is 9.57. The molecule has 15 heavy (non-hydrogen) atoms. The first-order valence-electron chi connectivity index (χ1n) is 7.45. The van der Waals surface area contributed by atoms with Crippen molar-refractivity contribution in [1.82, 2.24) is 0 Å². The van der Waals surface area contributed by atoms with Crippen molar-refractivity contribution in [2.24, 2.45) is 47.3 Å². The molecular formula is C15H22. The molecule has 2 bridgehead atoms. The summed E-state index contributed by atoms with van der Waals surface area (Å²) in [4.78, 5) is 0. The standard InChI is InChI=1S/C15H22/c1-3-8-9(4-1)13-7-12(8)14-10-5-2-6-11(10)15(13)14/h8-15H,1-7H2. The van der Waals surface area contributed by atoms with Gasteiger partial charge in [-0.1, -0.05) is 12.8 Å². The van der Waals surface area contributed by atoms with E-state index in [0.717, 1.165) is 0 Å². The summed E-state index contributed by atoms with van der Waals surface area (Å²) in [5.74, 6) is 9.86. The van der Waals surface area contributed by atoms with Crippen LogP contribution in [0, 0.1) is 47.3 Å². The molecule has 0 heterocycles. The lowest BCUT2D eigenvalue weighted by Crippen LogP contribution is -2.50. The van der Waals surface area contributed by atoms with E-state index in [1.54, 1.807) is 44.9 Å². The lowest BCUT2D eigenvalue weighted by Gasteiger charge is -2.55. The molecule has 0 radical (unpaired) electrons. The van der Waals surface area contributed by atoms with Crippen LogP contribution in [0.4, 0.5) is 0 Å². The molecule has 5 rings (SSSR count). The van der Waals surface area contributed by atoms with Crippen molar-refractivity contribution in [2.75, 3.05) is 0 Å². The first-order valence-corrected chi connectivity index (χ1v) is 7.45. The Morgan fingerprint density at radius 2 is 0.933 bits per heavy atom. The summed E-state index contributed by atoms with van der Waals surface area (Å²) >= 11 is 0. The quantitative estimate of drug-likeness (QED) is 0.525. The molecule has 0 nitrogen and oxygen atoms in total. The van der Waals surface area contributed by atoms with Gasteiger partial charge in [-0.2, -0.15) is 0 Å². The number of hydrogen-bond donors (Lipinski definition) is 0. The number of hydrogen-bond acceptors (Lipinski definition) is 0. The van der Waals surface area contributed by atoms with Crippen LogP contribution in [0.2, 0.25) is 0 Å². The van der Waals surface area contributed by atoms with Crippen molar-refractivity contribution in [3.8, 4) is 0 Å². The Morgan fingerprint density at radius 1 is 0.467 bits per heavy atom. The second kappa shape index (κ2) is 2.46. The van der Waals surface area contributed by atoms with E-state index < -0.39 is 0 Å². The molecule has 82 valence electrons. The van der Waals surface area contributed by atoms with Crippen molar-refractivity contribution in [3.63, 3.8) is 0 Å². The highest BCUT2D eigenvalue weighted by Crippen LogP contribution is 2.75. The van der Waals surface area contributed by atoms with Crippen LogP contribution in [0.15, 0.2) is 0 Å². The van der Waals surface area contributed by atoms with Crippen LogP contribution in [0.1, 0.15) is 44.9 Å². The van der Waals surface area contributed by atoms with Gasteiger partial charge in [-0.15, -0.1) is 0 Å². The molecule has 0 aromatic rings. The molecule has 0 aromatic heterocycles.